The first-order valence-corrected chi connectivity index (χ1v) is 7.17. The van der Waals surface area contributed by atoms with Gasteiger partial charge < -0.3 is 5.32 Å². The molecular weight excluding hydrogens is 241 g/mol. The van der Waals surface area contributed by atoms with E-state index in [1.54, 1.807) is 7.05 Å². The molecule has 1 aromatic carbocycles. The van der Waals surface area contributed by atoms with Crippen molar-refractivity contribution in [3.05, 3.63) is 34.6 Å². The molecule has 1 amide bonds. The van der Waals surface area contributed by atoms with Crippen molar-refractivity contribution < 1.29 is 9.18 Å². The van der Waals surface area contributed by atoms with Gasteiger partial charge in [0.25, 0.3) is 5.91 Å². The quantitative estimate of drug-likeness (QED) is 0.796. The van der Waals surface area contributed by atoms with Crippen LogP contribution in [-0.2, 0) is 12.8 Å². The van der Waals surface area contributed by atoms with Gasteiger partial charge in [-0.15, -0.1) is 0 Å². The van der Waals surface area contributed by atoms with Crippen LogP contribution < -0.4 is 5.32 Å². The highest BCUT2D eigenvalue weighted by Crippen LogP contribution is 2.21. The van der Waals surface area contributed by atoms with E-state index in [-0.39, 0.29) is 11.7 Å². The predicted molar refractivity (Wildman–Crippen MR) is 77.0 cm³/mol. The number of carbonyl (C=O) groups excluding carboxylic acids is 1. The molecule has 0 aromatic heterocycles. The van der Waals surface area contributed by atoms with Crippen LogP contribution in [0.5, 0.6) is 0 Å². The molecule has 1 N–H and O–H groups in total. The molecule has 0 radical (unpaired) electrons. The summed E-state index contributed by atoms with van der Waals surface area (Å²) in [5.74, 6) is -0.331. The third-order valence-electron chi connectivity index (χ3n) is 3.32. The molecule has 0 aliphatic heterocycles. The molecule has 3 heteroatoms. The molecule has 0 aliphatic rings. The Bertz CT molecular complexity index is 400. The minimum atomic E-state index is -0.232. The van der Waals surface area contributed by atoms with Gasteiger partial charge in [0.05, 0.1) is 0 Å². The zero-order valence-corrected chi connectivity index (χ0v) is 12.2. The zero-order chi connectivity index (χ0) is 14.3. The highest BCUT2D eigenvalue weighted by atomic mass is 19.1. The van der Waals surface area contributed by atoms with Crippen LogP contribution in [0.15, 0.2) is 12.1 Å². The van der Waals surface area contributed by atoms with Gasteiger partial charge in [-0.05, 0) is 48.9 Å². The second-order valence-electron chi connectivity index (χ2n) is 4.89. The monoisotopic (exact) mass is 265 g/mol. The molecule has 19 heavy (non-hydrogen) atoms. The fraction of sp³-hybridized carbons (Fsp3) is 0.562. The molecule has 0 fully saturated rings. The number of carbonyl (C=O) groups is 1. The average Bonchev–Trinajstić information content (AvgIpc) is 2.41. The summed E-state index contributed by atoms with van der Waals surface area (Å²) < 4.78 is 13.7. The summed E-state index contributed by atoms with van der Waals surface area (Å²) in [5, 5.41) is 2.67. The lowest BCUT2D eigenvalue weighted by atomic mass is 9.93. The van der Waals surface area contributed by atoms with Gasteiger partial charge in [-0.25, -0.2) is 4.39 Å². The molecule has 1 aromatic rings. The largest absolute Gasteiger partial charge is 0.355 e. The maximum Gasteiger partial charge on any atom is 0.251 e. The van der Waals surface area contributed by atoms with E-state index in [2.05, 4.69) is 19.2 Å². The summed E-state index contributed by atoms with van der Waals surface area (Å²) in [6.45, 7) is 4.19. The number of hydrogen-bond donors (Lipinski definition) is 1. The van der Waals surface area contributed by atoms with Crippen LogP contribution >= 0.6 is 0 Å². The van der Waals surface area contributed by atoms with E-state index < -0.39 is 0 Å². The van der Waals surface area contributed by atoms with Crippen LogP contribution in [0.3, 0.4) is 0 Å². The third kappa shape index (κ3) is 4.34. The molecule has 0 saturated heterocycles. The summed E-state index contributed by atoms with van der Waals surface area (Å²) in [6, 6.07) is 3.02. The number of hydrogen-bond acceptors (Lipinski definition) is 1. The van der Waals surface area contributed by atoms with Gasteiger partial charge in [-0.3, -0.25) is 4.79 Å². The highest BCUT2D eigenvalue weighted by molar-refractivity contribution is 5.97. The molecule has 0 aliphatic carbocycles. The molecular formula is C16H24FNO. The normalized spacial score (nSPS) is 10.5. The summed E-state index contributed by atoms with van der Waals surface area (Å²) in [5.41, 5.74) is 2.37. The average molecular weight is 265 g/mol. The van der Waals surface area contributed by atoms with Crippen LogP contribution in [0.25, 0.3) is 0 Å². The topological polar surface area (TPSA) is 29.1 Å². The second-order valence-corrected chi connectivity index (χ2v) is 4.89. The van der Waals surface area contributed by atoms with Gasteiger partial charge in [0.2, 0.25) is 0 Å². The first-order valence-electron chi connectivity index (χ1n) is 7.17. The molecule has 2 nitrogen and oxygen atoms in total. The number of nitrogens with one attached hydrogen (secondary N) is 1. The van der Waals surface area contributed by atoms with Crippen molar-refractivity contribution in [2.24, 2.45) is 0 Å². The molecule has 0 heterocycles. The van der Waals surface area contributed by atoms with E-state index >= 15 is 0 Å². The van der Waals surface area contributed by atoms with E-state index in [0.717, 1.165) is 49.7 Å². The predicted octanol–water partition coefficient (Wildman–Crippen LogP) is 3.87. The number of aryl methyl sites for hydroxylation is 2. The van der Waals surface area contributed by atoms with Crippen molar-refractivity contribution in [2.45, 2.75) is 52.4 Å². The van der Waals surface area contributed by atoms with Crippen LogP contribution in [0, 0.1) is 5.82 Å². The van der Waals surface area contributed by atoms with E-state index in [9.17, 15) is 9.18 Å². The Morgan fingerprint density at radius 3 is 1.95 bits per heavy atom. The maximum absolute atomic E-state index is 13.7. The van der Waals surface area contributed by atoms with E-state index in [1.807, 2.05) is 0 Å². The van der Waals surface area contributed by atoms with Crippen molar-refractivity contribution in [3.63, 3.8) is 0 Å². The fourth-order valence-electron chi connectivity index (χ4n) is 2.27. The minimum absolute atomic E-state index is 0.0998. The number of unbranched alkanes of at least 4 members (excludes halogenated alkanes) is 2. The lowest BCUT2D eigenvalue weighted by Gasteiger charge is -2.14. The first-order chi connectivity index (χ1) is 9.13. The van der Waals surface area contributed by atoms with Crippen molar-refractivity contribution in [1.82, 2.24) is 5.32 Å². The molecule has 0 atom stereocenters. The SMILES string of the molecule is CCCCc1cc(F)cc(CCCC)c1C(=O)NC. The van der Waals surface area contributed by atoms with Crippen molar-refractivity contribution in [1.29, 1.82) is 0 Å². The highest BCUT2D eigenvalue weighted by Gasteiger charge is 2.16. The molecule has 0 spiro atoms. The number of halogens is 1. The third-order valence-corrected chi connectivity index (χ3v) is 3.32. The Morgan fingerprint density at radius 2 is 1.58 bits per heavy atom. The van der Waals surface area contributed by atoms with E-state index in [1.165, 1.54) is 12.1 Å². The number of rotatable bonds is 7. The Morgan fingerprint density at radius 1 is 1.11 bits per heavy atom. The van der Waals surface area contributed by atoms with Gasteiger partial charge in [-0.2, -0.15) is 0 Å². The van der Waals surface area contributed by atoms with E-state index in [4.69, 9.17) is 0 Å². The van der Waals surface area contributed by atoms with Gasteiger partial charge >= 0.3 is 0 Å². The standard InChI is InChI=1S/C16H24FNO/c1-4-6-8-12-10-14(17)11-13(9-7-5-2)15(12)16(19)18-3/h10-11H,4-9H2,1-3H3,(H,18,19). The summed E-state index contributed by atoms with van der Waals surface area (Å²) in [4.78, 5) is 12.1. The van der Waals surface area contributed by atoms with Gasteiger partial charge in [0, 0.05) is 12.6 Å². The number of amides is 1. The molecule has 0 unspecified atom stereocenters. The minimum Gasteiger partial charge on any atom is -0.355 e. The van der Waals surface area contributed by atoms with Gasteiger partial charge in [-0.1, -0.05) is 26.7 Å². The van der Waals surface area contributed by atoms with E-state index in [0.29, 0.717) is 5.56 Å². The Balaban J connectivity index is 3.18. The molecule has 106 valence electrons. The van der Waals surface area contributed by atoms with Crippen molar-refractivity contribution >= 4 is 5.91 Å². The molecule has 1 rings (SSSR count). The summed E-state index contributed by atoms with van der Waals surface area (Å²) in [7, 11) is 1.62. The Kier molecular flexibility index (Phi) is 6.54. The van der Waals surface area contributed by atoms with Crippen LogP contribution in [0.1, 0.15) is 61.0 Å². The fourth-order valence-corrected chi connectivity index (χ4v) is 2.27. The first kappa shape index (κ1) is 15.7. The van der Waals surface area contributed by atoms with Gasteiger partial charge in [0.15, 0.2) is 0 Å². The smallest absolute Gasteiger partial charge is 0.251 e. The number of benzene rings is 1. The zero-order valence-electron chi connectivity index (χ0n) is 12.2. The maximum atomic E-state index is 13.7. The van der Waals surface area contributed by atoms with Crippen LogP contribution in [0.4, 0.5) is 4.39 Å². The second kappa shape index (κ2) is 7.93. The molecule has 0 saturated carbocycles. The van der Waals surface area contributed by atoms with Crippen molar-refractivity contribution in [2.75, 3.05) is 7.05 Å². The van der Waals surface area contributed by atoms with Gasteiger partial charge in [0.1, 0.15) is 5.82 Å². The summed E-state index contributed by atoms with van der Waals surface area (Å²) >= 11 is 0. The Hall–Kier alpha value is -1.38. The van der Waals surface area contributed by atoms with Crippen LogP contribution in [0.2, 0.25) is 0 Å². The Labute approximate surface area is 115 Å². The summed E-state index contributed by atoms with van der Waals surface area (Å²) in [6.07, 6.45) is 5.54. The van der Waals surface area contributed by atoms with Crippen molar-refractivity contribution in [3.8, 4) is 0 Å². The lowest BCUT2D eigenvalue weighted by molar-refractivity contribution is 0.0961. The lowest BCUT2D eigenvalue weighted by Crippen LogP contribution is -2.22. The van der Waals surface area contributed by atoms with Crippen LogP contribution in [-0.4, -0.2) is 13.0 Å². The molecule has 0 bridgehead atoms.